The highest BCUT2D eigenvalue weighted by Crippen LogP contribution is 2.37. The van der Waals surface area contributed by atoms with Crippen molar-refractivity contribution in [1.82, 2.24) is 10.1 Å². The molecule has 3 nitrogen and oxygen atoms in total. The van der Waals surface area contributed by atoms with Gasteiger partial charge in [-0.15, -0.1) is 0 Å². The molecule has 0 unspecified atom stereocenters. The van der Waals surface area contributed by atoms with Crippen molar-refractivity contribution in [3.05, 3.63) is 29.0 Å². The summed E-state index contributed by atoms with van der Waals surface area (Å²) >= 11 is 5.16. The topological polar surface area (TPSA) is 38.9 Å². The second-order valence-corrected chi connectivity index (χ2v) is 5.88. The van der Waals surface area contributed by atoms with E-state index in [0.29, 0.717) is 5.25 Å². The van der Waals surface area contributed by atoms with Crippen LogP contribution >= 0.6 is 27.7 Å². The van der Waals surface area contributed by atoms with Crippen LogP contribution in [0.2, 0.25) is 0 Å². The van der Waals surface area contributed by atoms with Gasteiger partial charge in [-0.3, -0.25) is 4.98 Å². The number of hydrogen-bond acceptors (Lipinski definition) is 4. The highest BCUT2D eigenvalue weighted by Gasteiger charge is 2.16. The third-order valence-corrected chi connectivity index (χ3v) is 3.85. The Bertz CT molecular complexity index is 470. The Balaban J connectivity index is 2.34. The Hall–Kier alpha value is -0.810. The van der Waals surface area contributed by atoms with Crippen molar-refractivity contribution < 1.29 is 4.52 Å². The van der Waals surface area contributed by atoms with E-state index in [1.807, 2.05) is 12.1 Å². The van der Waals surface area contributed by atoms with Gasteiger partial charge in [0.1, 0.15) is 5.69 Å². The van der Waals surface area contributed by atoms with Gasteiger partial charge in [0.15, 0.2) is 0 Å². The van der Waals surface area contributed by atoms with Crippen molar-refractivity contribution in [2.75, 3.05) is 0 Å². The van der Waals surface area contributed by atoms with Crippen LogP contribution in [0, 0.1) is 0 Å². The molecule has 0 aliphatic heterocycles. The quantitative estimate of drug-likeness (QED) is 0.803. The number of pyridine rings is 1. The molecule has 0 fully saturated rings. The van der Waals surface area contributed by atoms with Gasteiger partial charge in [0, 0.05) is 23.2 Å². The van der Waals surface area contributed by atoms with E-state index < -0.39 is 0 Å². The summed E-state index contributed by atoms with van der Waals surface area (Å²) < 4.78 is 6.20. The first kappa shape index (κ1) is 11.7. The number of nitrogens with zero attached hydrogens (tertiary/aromatic N) is 2. The average Bonchev–Trinajstić information content (AvgIpc) is 2.61. The first-order valence-corrected chi connectivity index (χ1v) is 6.58. The minimum Gasteiger partial charge on any atom is -0.348 e. The Morgan fingerprint density at radius 2 is 2.25 bits per heavy atom. The molecule has 84 valence electrons. The van der Waals surface area contributed by atoms with Crippen LogP contribution in [0.15, 0.2) is 38.6 Å². The van der Waals surface area contributed by atoms with Crippen molar-refractivity contribution in [1.29, 1.82) is 0 Å². The predicted octanol–water partition coefficient (Wildman–Crippen LogP) is 4.00. The molecule has 2 aromatic rings. The second kappa shape index (κ2) is 5.01. The summed E-state index contributed by atoms with van der Waals surface area (Å²) in [5, 5.41) is 5.33. The van der Waals surface area contributed by atoms with Gasteiger partial charge in [0.25, 0.3) is 0 Å². The molecule has 0 N–H and O–H groups in total. The molecule has 0 atom stereocenters. The van der Waals surface area contributed by atoms with E-state index >= 15 is 0 Å². The van der Waals surface area contributed by atoms with Crippen molar-refractivity contribution >= 4 is 27.7 Å². The summed E-state index contributed by atoms with van der Waals surface area (Å²) in [6.07, 6.45) is 3.51. The Kier molecular flexibility index (Phi) is 3.66. The lowest BCUT2D eigenvalue weighted by atomic mass is 10.2. The zero-order chi connectivity index (χ0) is 11.5. The fourth-order valence-electron chi connectivity index (χ4n) is 1.23. The molecule has 0 saturated carbocycles. The van der Waals surface area contributed by atoms with Crippen LogP contribution in [-0.4, -0.2) is 15.4 Å². The third-order valence-electron chi connectivity index (χ3n) is 1.88. The highest BCUT2D eigenvalue weighted by molar-refractivity contribution is 9.10. The first-order valence-electron chi connectivity index (χ1n) is 4.90. The van der Waals surface area contributed by atoms with Crippen LogP contribution in [0.3, 0.4) is 0 Å². The van der Waals surface area contributed by atoms with Gasteiger partial charge in [0.05, 0.1) is 4.47 Å². The van der Waals surface area contributed by atoms with E-state index in [-0.39, 0.29) is 0 Å². The van der Waals surface area contributed by atoms with Gasteiger partial charge >= 0.3 is 0 Å². The van der Waals surface area contributed by atoms with Crippen LogP contribution in [0.1, 0.15) is 13.8 Å². The van der Waals surface area contributed by atoms with Gasteiger partial charge < -0.3 is 4.52 Å². The van der Waals surface area contributed by atoms with Crippen molar-refractivity contribution in [2.24, 2.45) is 0 Å². The second-order valence-electron chi connectivity index (χ2n) is 3.54. The maximum Gasteiger partial charge on any atom is 0.208 e. The summed E-state index contributed by atoms with van der Waals surface area (Å²) in [5.41, 5.74) is 1.75. The number of halogens is 1. The van der Waals surface area contributed by atoms with Crippen LogP contribution < -0.4 is 0 Å². The highest BCUT2D eigenvalue weighted by atomic mass is 79.9. The maximum atomic E-state index is 5.30. The van der Waals surface area contributed by atoms with E-state index in [1.54, 1.807) is 24.2 Å². The van der Waals surface area contributed by atoms with Gasteiger partial charge in [0.2, 0.25) is 5.09 Å². The summed E-state index contributed by atoms with van der Waals surface area (Å²) in [6.45, 7) is 4.23. The third kappa shape index (κ3) is 2.47. The molecule has 0 aliphatic carbocycles. The van der Waals surface area contributed by atoms with Gasteiger partial charge in [-0.25, -0.2) is 0 Å². The zero-order valence-corrected chi connectivity index (χ0v) is 11.4. The summed E-state index contributed by atoms with van der Waals surface area (Å²) in [7, 11) is 0. The number of hydrogen-bond donors (Lipinski definition) is 0. The zero-order valence-electron chi connectivity index (χ0n) is 8.98. The lowest BCUT2D eigenvalue weighted by Crippen LogP contribution is -1.84. The molecule has 0 bridgehead atoms. The lowest BCUT2D eigenvalue weighted by Gasteiger charge is -1.99. The molecule has 0 saturated heterocycles. The van der Waals surface area contributed by atoms with E-state index in [4.69, 9.17) is 4.52 Å². The molecule has 0 amide bonds. The molecule has 16 heavy (non-hydrogen) atoms. The minimum absolute atomic E-state index is 0.464. The van der Waals surface area contributed by atoms with Crippen LogP contribution in [0.5, 0.6) is 0 Å². The smallest absolute Gasteiger partial charge is 0.208 e. The molecule has 0 radical (unpaired) electrons. The summed E-state index contributed by atoms with van der Waals surface area (Å²) in [5.74, 6) is 0. The Morgan fingerprint density at radius 1 is 1.44 bits per heavy atom. The van der Waals surface area contributed by atoms with Crippen LogP contribution in [0.25, 0.3) is 11.3 Å². The fourth-order valence-corrected chi connectivity index (χ4v) is 2.60. The van der Waals surface area contributed by atoms with Crippen LogP contribution in [-0.2, 0) is 0 Å². The molecular weight excluding hydrogens is 288 g/mol. The minimum atomic E-state index is 0.464. The largest absolute Gasteiger partial charge is 0.348 e. The predicted molar refractivity (Wildman–Crippen MR) is 68.4 cm³/mol. The SMILES string of the molecule is CC(C)Sc1onc(-c2cccnc2)c1Br. The first-order chi connectivity index (χ1) is 7.68. The molecule has 0 aromatic carbocycles. The number of aromatic nitrogens is 2. The summed E-state index contributed by atoms with van der Waals surface area (Å²) in [6, 6.07) is 3.84. The Labute approximate surface area is 107 Å². The standard InChI is InChI=1S/C11H11BrN2OS/c1-7(2)16-11-9(12)10(14-15-11)8-4-3-5-13-6-8/h3-7H,1-2H3. The number of rotatable bonds is 3. The molecule has 0 spiro atoms. The fraction of sp³-hybridized carbons (Fsp3) is 0.273. The monoisotopic (exact) mass is 298 g/mol. The molecular formula is C11H11BrN2OS. The van der Waals surface area contributed by atoms with Crippen molar-refractivity contribution in [3.63, 3.8) is 0 Å². The van der Waals surface area contributed by atoms with E-state index in [0.717, 1.165) is 20.8 Å². The lowest BCUT2D eigenvalue weighted by molar-refractivity contribution is 0.349. The molecule has 0 aliphatic rings. The van der Waals surface area contributed by atoms with Crippen molar-refractivity contribution in [2.45, 2.75) is 24.2 Å². The van der Waals surface area contributed by atoms with E-state index in [9.17, 15) is 0 Å². The van der Waals surface area contributed by atoms with Crippen LogP contribution in [0.4, 0.5) is 0 Å². The molecule has 5 heteroatoms. The van der Waals surface area contributed by atoms with Gasteiger partial charge in [-0.2, -0.15) is 0 Å². The number of thioether (sulfide) groups is 1. The normalized spacial score (nSPS) is 11.0. The average molecular weight is 299 g/mol. The van der Waals surface area contributed by atoms with E-state index in [1.165, 1.54) is 0 Å². The molecule has 2 heterocycles. The summed E-state index contributed by atoms with van der Waals surface area (Å²) in [4.78, 5) is 4.06. The van der Waals surface area contributed by atoms with Gasteiger partial charge in [-0.1, -0.05) is 30.8 Å². The van der Waals surface area contributed by atoms with E-state index in [2.05, 4.69) is 39.9 Å². The molecule has 2 rings (SSSR count). The van der Waals surface area contributed by atoms with Crippen molar-refractivity contribution in [3.8, 4) is 11.3 Å². The van der Waals surface area contributed by atoms with Gasteiger partial charge in [-0.05, 0) is 28.1 Å². The molecule has 2 aromatic heterocycles. The Morgan fingerprint density at radius 3 is 2.88 bits per heavy atom. The maximum absolute atomic E-state index is 5.30.